The lowest BCUT2D eigenvalue weighted by Gasteiger charge is -2.26. The highest BCUT2D eigenvalue weighted by molar-refractivity contribution is 7.89. The van der Waals surface area contributed by atoms with Crippen LogP contribution in [0.2, 0.25) is 5.02 Å². The van der Waals surface area contributed by atoms with E-state index in [1.54, 1.807) is 31.4 Å². The SMILES string of the molecule is COCCCN1C(=O)C(=O)/C(=C(/O)c2ccc(S(=O)(=O)N3CCCCC3)cc2)C1c1cccc(Cl)c1. The molecule has 1 amide bonds. The highest BCUT2D eigenvalue weighted by atomic mass is 35.5. The van der Waals surface area contributed by atoms with Crippen LogP contribution in [0.5, 0.6) is 0 Å². The Morgan fingerprint density at radius 3 is 2.42 bits per heavy atom. The number of ketones is 1. The number of benzene rings is 2. The minimum Gasteiger partial charge on any atom is -0.507 e. The number of carbonyl (C=O) groups is 2. The van der Waals surface area contributed by atoms with Crippen LogP contribution in [-0.4, -0.2) is 67.8 Å². The maximum absolute atomic E-state index is 13.1. The zero-order valence-corrected chi connectivity index (χ0v) is 21.6. The average Bonchev–Trinajstić information content (AvgIpc) is 3.14. The summed E-state index contributed by atoms with van der Waals surface area (Å²) in [6.07, 6.45) is 3.16. The number of carbonyl (C=O) groups excluding carboxylic acids is 2. The molecule has 2 aliphatic heterocycles. The summed E-state index contributed by atoms with van der Waals surface area (Å²) in [6, 6.07) is 11.7. The quantitative estimate of drug-likeness (QED) is 0.239. The fourth-order valence-electron chi connectivity index (χ4n) is 4.71. The predicted molar refractivity (Wildman–Crippen MR) is 136 cm³/mol. The lowest BCUT2D eigenvalue weighted by atomic mass is 9.95. The van der Waals surface area contributed by atoms with E-state index in [0.29, 0.717) is 36.7 Å². The number of halogens is 1. The van der Waals surface area contributed by atoms with Gasteiger partial charge in [0.15, 0.2) is 0 Å². The molecule has 0 bridgehead atoms. The molecule has 1 unspecified atom stereocenters. The van der Waals surface area contributed by atoms with Crippen molar-refractivity contribution < 1.29 is 27.9 Å². The van der Waals surface area contributed by atoms with Gasteiger partial charge in [0.1, 0.15) is 5.76 Å². The molecule has 4 rings (SSSR count). The number of amides is 1. The van der Waals surface area contributed by atoms with E-state index < -0.39 is 27.8 Å². The number of sulfonamides is 1. The first-order valence-corrected chi connectivity index (χ1v) is 13.7. The molecule has 8 nitrogen and oxygen atoms in total. The number of nitrogens with zero attached hydrogens (tertiary/aromatic N) is 2. The molecule has 0 aliphatic carbocycles. The summed E-state index contributed by atoms with van der Waals surface area (Å²) in [4.78, 5) is 27.6. The van der Waals surface area contributed by atoms with Crippen molar-refractivity contribution in [2.75, 3.05) is 33.4 Å². The van der Waals surface area contributed by atoms with Crippen molar-refractivity contribution in [3.05, 3.63) is 70.3 Å². The summed E-state index contributed by atoms with van der Waals surface area (Å²) in [7, 11) is -2.09. The number of piperidine rings is 1. The van der Waals surface area contributed by atoms with Crippen LogP contribution >= 0.6 is 11.6 Å². The van der Waals surface area contributed by atoms with Gasteiger partial charge < -0.3 is 14.7 Å². The number of methoxy groups -OCH3 is 1. The van der Waals surface area contributed by atoms with Gasteiger partial charge in [-0.05, 0) is 61.2 Å². The summed E-state index contributed by atoms with van der Waals surface area (Å²) in [5, 5.41) is 11.6. The molecule has 192 valence electrons. The predicted octanol–water partition coefficient (Wildman–Crippen LogP) is 3.97. The third-order valence-corrected chi connectivity index (χ3v) is 8.68. The summed E-state index contributed by atoms with van der Waals surface area (Å²) < 4.78 is 32.5. The first-order valence-electron chi connectivity index (χ1n) is 11.9. The second-order valence-corrected chi connectivity index (χ2v) is 11.3. The number of ether oxygens (including phenoxy) is 1. The van der Waals surface area contributed by atoms with Crippen molar-refractivity contribution in [3.8, 4) is 0 Å². The minimum absolute atomic E-state index is 0.0636. The van der Waals surface area contributed by atoms with E-state index in [-0.39, 0.29) is 28.3 Å². The minimum atomic E-state index is -3.64. The van der Waals surface area contributed by atoms with Gasteiger partial charge in [-0.15, -0.1) is 0 Å². The molecular weight excluding hydrogens is 504 g/mol. The van der Waals surface area contributed by atoms with E-state index in [4.69, 9.17) is 16.3 Å². The normalized spacial score (nSPS) is 20.7. The molecule has 0 saturated carbocycles. The lowest BCUT2D eigenvalue weighted by molar-refractivity contribution is -0.140. The van der Waals surface area contributed by atoms with Crippen LogP contribution in [0, 0.1) is 0 Å². The average molecular weight is 533 g/mol. The molecule has 1 N–H and O–H groups in total. The highest BCUT2D eigenvalue weighted by Gasteiger charge is 2.45. The summed E-state index contributed by atoms with van der Waals surface area (Å²) in [5.74, 6) is -1.89. The van der Waals surface area contributed by atoms with Crippen molar-refractivity contribution in [2.45, 2.75) is 36.6 Å². The number of hydrogen-bond acceptors (Lipinski definition) is 6. The molecule has 0 aromatic heterocycles. The fraction of sp³-hybridized carbons (Fsp3) is 0.385. The Hall–Kier alpha value is -2.72. The van der Waals surface area contributed by atoms with Crippen molar-refractivity contribution in [1.29, 1.82) is 0 Å². The monoisotopic (exact) mass is 532 g/mol. The largest absolute Gasteiger partial charge is 0.507 e. The number of aliphatic hydroxyl groups excluding tert-OH is 1. The van der Waals surface area contributed by atoms with Crippen LogP contribution in [0.25, 0.3) is 5.76 Å². The Bertz CT molecular complexity index is 1270. The maximum atomic E-state index is 13.1. The number of hydrogen-bond donors (Lipinski definition) is 1. The van der Waals surface area contributed by atoms with Crippen LogP contribution in [0.3, 0.4) is 0 Å². The molecule has 0 spiro atoms. The molecule has 2 aromatic carbocycles. The molecule has 2 fully saturated rings. The summed E-state index contributed by atoms with van der Waals surface area (Å²) in [6.45, 7) is 1.62. The summed E-state index contributed by atoms with van der Waals surface area (Å²) >= 11 is 6.19. The number of aliphatic hydroxyl groups is 1. The van der Waals surface area contributed by atoms with Crippen molar-refractivity contribution >= 4 is 39.1 Å². The molecule has 2 heterocycles. The molecule has 2 saturated heterocycles. The first-order chi connectivity index (χ1) is 17.3. The van der Waals surface area contributed by atoms with Gasteiger partial charge in [-0.3, -0.25) is 9.59 Å². The number of rotatable bonds is 8. The molecule has 2 aromatic rings. The van der Waals surface area contributed by atoms with E-state index in [9.17, 15) is 23.1 Å². The van der Waals surface area contributed by atoms with Crippen LogP contribution in [0.4, 0.5) is 0 Å². The second-order valence-electron chi connectivity index (χ2n) is 8.88. The Morgan fingerprint density at radius 2 is 1.78 bits per heavy atom. The van der Waals surface area contributed by atoms with Gasteiger partial charge in [-0.25, -0.2) is 8.42 Å². The van der Waals surface area contributed by atoms with E-state index in [0.717, 1.165) is 19.3 Å². The van der Waals surface area contributed by atoms with Gasteiger partial charge in [0.2, 0.25) is 10.0 Å². The molecule has 36 heavy (non-hydrogen) atoms. The Balaban J connectivity index is 1.72. The zero-order valence-electron chi connectivity index (χ0n) is 20.0. The molecule has 1 atom stereocenters. The molecular formula is C26H29ClN2O6S. The zero-order chi connectivity index (χ0) is 25.9. The van der Waals surface area contributed by atoms with Gasteiger partial charge in [0.05, 0.1) is 16.5 Å². The topological polar surface area (TPSA) is 104 Å². The fourth-order valence-corrected chi connectivity index (χ4v) is 6.42. The third kappa shape index (κ3) is 5.20. The van der Waals surface area contributed by atoms with Gasteiger partial charge >= 0.3 is 0 Å². The van der Waals surface area contributed by atoms with Crippen molar-refractivity contribution in [3.63, 3.8) is 0 Å². The Labute approximate surface area is 216 Å². The van der Waals surface area contributed by atoms with Crippen LogP contribution < -0.4 is 0 Å². The molecule has 10 heteroatoms. The molecule has 0 radical (unpaired) electrons. The Morgan fingerprint density at radius 1 is 1.08 bits per heavy atom. The standard InChI is InChI=1S/C26H29ClN2O6S/c1-35-16-6-15-29-23(19-7-5-8-20(27)17-19)22(25(31)26(29)32)24(30)18-9-11-21(12-10-18)36(33,34)28-13-3-2-4-14-28/h5,7-12,17,23,30H,2-4,6,13-16H2,1H3/b24-22+. The number of Topliss-reactive ketones (excluding diaryl/α,β-unsaturated/α-hetero) is 1. The van der Waals surface area contributed by atoms with E-state index in [2.05, 4.69) is 0 Å². The van der Waals surface area contributed by atoms with Gasteiger partial charge in [0.25, 0.3) is 11.7 Å². The first kappa shape index (κ1) is 26.3. The van der Waals surface area contributed by atoms with Crippen LogP contribution in [-0.2, 0) is 24.3 Å². The summed E-state index contributed by atoms with van der Waals surface area (Å²) in [5.41, 5.74) is 0.769. The molecule has 2 aliphatic rings. The Kier molecular flexibility index (Phi) is 8.14. The maximum Gasteiger partial charge on any atom is 0.295 e. The van der Waals surface area contributed by atoms with Crippen molar-refractivity contribution in [2.24, 2.45) is 0 Å². The van der Waals surface area contributed by atoms with Gasteiger partial charge in [0, 0.05) is 43.9 Å². The van der Waals surface area contributed by atoms with Gasteiger partial charge in [-0.2, -0.15) is 4.31 Å². The van der Waals surface area contributed by atoms with E-state index >= 15 is 0 Å². The van der Waals surface area contributed by atoms with Crippen molar-refractivity contribution in [1.82, 2.24) is 9.21 Å². The van der Waals surface area contributed by atoms with Crippen LogP contribution in [0.15, 0.2) is 59.0 Å². The smallest absolute Gasteiger partial charge is 0.295 e. The third-order valence-electron chi connectivity index (χ3n) is 6.53. The van der Waals surface area contributed by atoms with E-state index in [1.165, 1.54) is 33.5 Å². The highest BCUT2D eigenvalue weighted by Crippen LogP contribution is 2.40. The number of likely N-dealkylation sites (tertiary alicyclic amines) is 1. The van der Waals surface area contributed by atoms with E-state index in [1.807, 2.05) is 0 Å². The lowest BCUT2D eigenvalue weighted by Crippen LogP contribution is -2.35. The van der Waals surface area contributed by atoms with Crippen LogP contribution in [0.1, 0.15) is 42.9 Å². The second kappa shape index (κ2) is 11.1. The van der Waals surface area contributed by atoms with Gasteiger partial charge in [-0.1, -0.05) is 30.2 Å².